The Hall–Kier alpha value is -2.00. The Balaban J connectivity index is 3.42. The predicted octanol–water partition coefficient (Wildman–Crippen LogP) is 0.800. The van der Waals surface area contributed by atoms with E-state index in [1.807, 2.05) is 0 Å². The third kappa shape index (κ3) is 3.23. The number of rotatable bonds is 3. The second kappa shape index (κ2) is 4.47. The van der Waals surface area contributed by atoms with Crippen molar-refractivity contribution >= 4 is 27.4 Å². The van der Waals surface area contributed by atoms with E-state index in [4.69, 9.17) is 4.55 Å². The van der Waals surface area contributed by atoms with Crippen molar-refractivity contribution in [2.45, 2.75) is 11.8 Å². The number of nitro groups is 1. The molecule has 1 rings (SSSR count). The van der Waals surface area contributed by atoms with E-state index in [1.54, 1.807) is 0 Å². The van der Waals surface area contributed by atoms with E-state index in [-0.39, 0.29) is 5.69 Å². The first kappa shape index (κ1) is 13.1. The summed E-state index contributed by atoms with van der Waals surface area (Å²) in [4.78, 5) is 19.9. The van der Waals surface area contributed by atoms with Crippen LogP contribution in [0.25, 0.3) is 0 Å². The maximum atomic E-state index is 11.0. The van der Waals surface area contributed by atoms with Crippen molar-refractivity contribution < 1.29 is 22.7 Å². The van der Waals surface area contributed by atoms with Gasteiger partial charge in [0.2, 0.25) is 5.91 Å². The molecule has 0 saturated carbocycles. The summed E-state index contributed by atoms with van der Waals surface area (Å²) in [5, 5.41) is 12.6. The van der Waals surface area contributed by atoms with Crippen molar-refractivity contribution in [2.24, 2.45) is 0 Å². The zero-order valence-electron chi connectivity index (χ0n) is 8.58. The van der Waals surface area contributed by atoms with Crippen molar-refractivity contribution in [1.29, 1.82) is 0 Å². The van der Waals surface area contributed by atoms with Gasteiger partial charge in [0.15, 0.2) is 0 Å². The zero-order valence-corrected chi connectivity index (χ0v) is 9.39. The molecule has 1 aromatic rings. The van der Waals surface area contributed by atoms with Gasteiger partial charge in [0.05, 0.1) is 10.6 Å². The zero-order chi connectivity index (χ0) is 13.2. The molecule has 0 aromatic heterocycles. The van der Waals surface area contributed by atoms with Crippen LogP contribution in [0.1, 0.15) is 6.92 Å². The molecular weight excluding hydrogens is 252 g/mol. The smallest absolute Gasteiger partial charge is 0.296 e. The summed E-state index contributed by atoms with van der Waals surface area (Å²) in [6, 6.07) is 2.61. The fourth-order valence-corrected chi connectivity index (χ4v) is 1.77. The standard InChI is InChI=1S/C8H8N2O6S/c1-5(11)9-7-4-6(10(12)13)2-3-8(7)17(14,15)16/h2-4H,1H3,(H,9,11)(H,14,15,16). The lowest BCUT2D eigenvalue weighted by Gasteiger charge is -2.06. The van der Waals surface area contributed by atoms with E-state index in [0.717, 1.165) is 25.1 Å². The van der Waals surface area contributed by atoms with Crippen molar-refractivity contribution in [3.63, 3.8) is 0 Å². The quantitative estimate of drug-likeness (QED) is 0.470. The minimum atomic E-state index is -4.56. The summed E-state index contributed by atoms with van der Waals surface area (Å²) in [5.41, 5.74) is -0.740. The second-order valence-corrected chi connectivity index (χ2v) is 4.48. The van der Waals surface area contributed by atoms with Crippen LogP contribution in [-0.2, 0) is 14.9 Å². The lowest BCUT2D eigenvalue weighted by molar-refractivity contribution is -0.384. The van der Waals surface area contributed by atoms with E-state index in [9.17, 15) is 23.3 Å². The van der Waals surface area contributed by atoms with Gasteiger partial charge in [-0.3, -0.25) is 19.5 Å². The molecular formula is C8H8N2O6S. The molecule has 17 heavy (non-hydrogen) atoms. The third-order valence-corrected chi connectivity index (χ3v) is 2.67. The molecule has 1 aromatic carbocycles. The van der Waals surface area contributed by atoms with E-state index >= 15 is 0 Å². The van der Waals surface area contributed by atoms with Crippen LogP contribution in [0.2, 0.25) is 0 Å². The van der Waals surface area contributed by atoms with Crippen LogP contribution < -0.4 is 5.32 Å². The fraction of sp³-hybridized carbons (Fsp3) is 0.125. The maximum Gasteiger partial charge on any atom is 0.296 e. The van der Waals surface area contributed by atoms with Gasteiger partial charge in [-0.15, -0.1) is 0 Å². The van der Waals surface area contributed by atoms with Crippen LogP contribution in [0.5, 0.6) is 0 Å². The first-order valence-corrected chi connectivity index (χ1v) is 5.69. The van der Waals surface area contributed by atoms with Gasteiger partial charge in [0.1, 0.15) is 4.90 Å². The van der Waals surface area contributed by atoms with Gasteiger partial charge in [0, 0.05) is 19.1 Å². The van der Waals surface area contributed by atoms with Crippen LogP contribution in [-0.4, -0.2) is 23.8 Å². The molecule has 0 heterocycles. The number of carbonyl (C=O) groups excluding carboxylic acids is 1. The lowest BCUT2D eigenvalue weighted by Crippen LogP contribution is -2.11. The number of nitrogens with zero attached hydrogens (tertiary/aromatic N) is 1. The number of nitro benzene ring substituents is 1. The van der Waals surface area contributed by atoms with Crippen molar-refractivity contribution in [3.05, 3.63) is 28.3 Å². The largest absolute Gasteiger partial charge is 0.325 e. The average Bonchev–Trinajstić information content (AvgIpc) is 2.14. The SMILES string of the molecule is CC(=O)Nc1cc([N+](=O)[O-])ccc1S(=O)(=O)O. The predicted molar refractivity (Wildman–Crippen MR) is 57.2 cm³/mol. The Morgan fingerprint density at radius 2 is 2.06 bits per heavy atom. The number of anilines is 1. The van der Waals surface area contributed by atoms with Crippen LogP contribution in [0.4, 0.5) is 11.4 Å². The minimum absolute atomic E-state index is 0.339. The summed E-state index contributed by atoms with van der Waals surface area (Å²) in [6.07, 6.45) is 0. The lowest BCUT2D eigenvalue weighted by atomic mass is 10.3. The topological polar surface area (TPSA) is 127 Å². The summed E-state index contributed by atoms with van der Waals surface area (Å²) in [6.45, 7) is 1.10. The fourth-order valence-electron chi connectivity index (χ4n) is 1.14. The molecule has 0 saturated heterocycles. The maximum absolute atomic E-state index is 11.0. The molecule has 0 aliphatic carbocycles. The molecule has 0 radical (unpaired) electrons. The second-order valence-electron chi connectivity index (χ2n) is 3.09. The molecule has 0 spiro atoms. The van der Waals surface area contributed by atoms with Crippen molar-refractivity contribution in [3.8, 4) is 0 Å². The summed E-state index contributed by atoms with van der Waals surface area (Å²) in [7, 11) is -4.56. The van der Waals surface area contributed by atoms with Gasteiger partial charge < -0.3 is 5.32 Å². The molecule has 1 amide bonds. The number of hydrogen-bond acceptors (Lipinski definition) is 5. The normalized spacial score (nSPS) is 10.9. The molecule has 0 atom stereocenters. The van der Waals surface area contributed by atoms with E-state index < -0.39 is 31.5 Å². The number of non-ortho nitro benzene ring substituents is 1. The first-order valence-electron chi connectivity index (χ1n) is 4.25. The molecule has 9 heteroatoms. The molecule has 0 fully saturated rings. The minimum Gasteiger partial charge on any atom is -0.325 e. The van der Waals surface area contributed by atoms with Gasteiger partial charge >= 0.3 is 0 Å². The Morgan fingerprint density at radius 1 is 1.47 bits per heavy atom. The molecule has 0 bridgehead atoms. The van der Waals surface area contributed by atoms with Gasteiger partial charge in [-0.1, -0.05) is 0 Å². The van der Waals surface area contributed by atoms with Gasteiger partial charge in [0.25, 0.3) is 15.8 Å². The third-order valence-electron chi connectivity index (χ3n) is 1.76. The highest BCUT2D eigenvalue weighted by atomic mass is 32.2. The summed E-state index contributed by atoms with van der Waals surface area (Å²) < 4.78 is 30.8. The number of hydrogen-bond donors (Lipinski definition) is 2. The molecule has 0 unspecified atom stereocenters. The van der Waals surface area contributed by atoms with Crippen molar-refractivity contribution in [2.75, 3.05) is 5.32 Å². The average molecular weight is 260 g/mol. The van der Waals surface area contributed by atoms with E-state index in [2.05, 4.69) is 5.32 Å². The number of benzene rings is 1. The number of amides is 1. The van der Waals surface area contributed by atoms with E-state index in [1.165, 1.54) is 0 Å². The number of carbonyl (C=O) groups is 1. The van der Waals surface area contributed by atoms with Gasteiger partial charge in [-0.05, 0) is 6.07 Å². The highest BCUT2D eigenvalue weighted by Gasteiger charge is 2.19. The Morgan fingerprint density at radius 3 is 2.47 bits per heavy atom. The summed E-state index contributed by atoms with van der Waals surface area (Å²) in [5.74, 6) is -0.615. The molecule has 2 N–H and O–H groups in total. The van der Waals surface area contributed by atoms with Gasteiger partial charge in [-0.25, -0.2) is 0 Å². The Labute approximate surface area is 96.2 Å². The highest BCUT2D eigenvalue weighted by molar-refractivity contribution is 7.86. The summed E-state index contributed by atoms with van der Waals surface area (Å²) >= 11 is 0. The highest BCUT2D eigenvalue weighted by Crippen LogP contribution is 2.26. The van der Waals surface area contributed by atoms with Crippen LogP contribution in [0.3, 0.4) is 0 Å². The van der Waals surface area contributed by atoms with Crippen LogP contribution in [0, 0.1) is 10.1 Å². The molecule has 0 aliphatic heterocycles. The Bertz CT molecular complexity index is 580. The first-order chi connectivity index (χ1) is 7.71. The molecule has 92 valence electrons. The van der Waals surface area contributed by atoms with E-state index in [0.29, 0.717) is 0 Å². The molecule has 0 aliphatic rings. The van der Waals surface area contributed by atoms with Crippen molar-refractivity contribution in [1.82, 2.24) is 0 Å². The van der Waals surface area contributed by atoms with Crippen LogP contribution >= 0.6 is 0 Å². The number of nitrogens with one attached hydrogen (secondary N) is 1. The Kier molecular flexibility index (Phi) is 3.44. The monoisotopic (exact) mass is 260 g/mol. The molecule has 8 nitrogen and oxygen atoms in total. The van der Waals surface area contributed by atoms with Crippen LogP contribution in [0.15, 0.2) is 23.1 Å². The van der Waals surface area contributed by atoms with Gasteiger partial charge in [-0.2, -0.15) is 8.42 Å².